The Balaban J connectivity index is 1.24. The highest BCUT2D eigenvalue weighted by Gasteiger charge is 2.42. The highest BCUT2D eigenvalue weighted by atomic mass is 32.1. The van der Waals surface area contributed by atoms with Crippen molar-refractivity contribution in [3.8, 4) is 0 Å². The van der Waals surface area contributed by atoms with Gasteiger partial charge < -0.3 is 4.74 Å². The second-order valence-corrected chi connectivity index (χ2v) is 7.84. The van der Waals surface area contributed by atoms with Crippen LogP contribution in [0.4, 0.5) is 0 Å². The van der Waals surface area contributed by atoms with E-state index in [1.807, 2.05) is 11.3 Å². The summed E-state index contributed by atoms with van der Waals surface area (Å²) in [5, 5.41) is 3.68. The van der Waals surface area contributed by atoms with Crippen molar-refractivity contribution in [1.29, 1.82) is 0 Å². The number of ether oxygens (including phenoxy) is 1. The van der Waals surface area contributed by atoms with Gasteiger partial charge in [-0.25, -0.2) is 5.06 Å². The number of hydrogen-bond acceptors (Lipinski definition) is 5. The van der Waals surface area contributed by atoms with E-state index < -0.39 is 0 Å². The third-order valence-corrected chi connectivity index (χ3v) is 5.89. The first kappa shape index (κ1) is 15.6. The van der Waals surface area contributed by atoms with Gasteiger partial charge in [0.15, 0.2) is 0 Å². The summed E-state index contributed by atoms with van der Waals surface area (Å²) >= 11 is 1.82. The standard InChI is InChI=1S/C17H24N2O3S/c20-17(19-5-1-2-6-21-19)9-14-8-13-10-18(12-16(13)22-14)11-15-4-3-7-23-15/h3-4,7,13-14,16H,1-2,5-6,8-12H2/t13-,14+,16+/m0/s1. The second kappa shape index (κ2) is 6.89. The first-order chi connectivity index (χ1) is 11.3. The maximum absolute atomic E-state index is 12.3. The number of likely N-dealkylation sites (tertiary alicyclic amines) is 1. The van der Waals surface area contributed by atoms with Gasteiger partial charge in [-0.05, 0) is 30.7 Å². The van der Waals surface area contributed by atoms with Crippen molar-refractivity contribution >= 4 is 17.2 Å². The molecular weight excluding hydrogens is 312 g/mol. The zero-order valence-electron chi connectivity index (χ0n) is 13.4. The lowest BCUT2D eigenvalue weighted by atomic mass is 10.0. The zero-order chi connectivity index (χ0) is 15.6. The maximum Gasteiger partial charge on any atom is 0.248 e. The lowest BCUT2D eigenvalue weighted by molar-refractivity contribution is -0.199. The molecule has 0 unspecified atom stereocenters. The van der Waals surface area contributed by atoms with E-state index in [2.05, 4.69) is 22.4 Å². The highest BCUT2D eigenvalue weighted by Crippen LogP contribution is 2.35. The maximum atomic E-state index is 12.3. The molecule has 0 bridgehead atoms. The average Bonchev–Trinajstić information content (AvgIpc) is 3.25. The average molecular weight is 336 g/mol. The third kappa shape index (κ3) is 3.60. The van der Waals surface area contributed by atoms with E-state index in [1.54, 1.807) is 5.06 Å². The first-order valence-electron chi connectivity index (χ1n) is 8.61. The molecule has 3 fully saturated rings. The van der Waals surface area contributed by atoms with Crippen molar-refractivity contribution in [2.24, 2.45) is 5.92 Å². The minimum atomic E-state index is 0.0758. The number of carbonyl (C=O) groups excluding carboxylic acids is 1. The first-order valence-corrected chi connectivity index (χ1v) is 9.49. The molecule has 1 amide bonds. The van der Waals surface area contributed by atoms with Crippen molar-refractivity contribution in [3.63, 3.8) is 0 Å². The predicted octanol–water partition coefficient (Wildman–Crippen LogP) is 2.28. The molecule has 4 heterocycles. The number of amides is 1. The van der Waals surface area contributed by atoms with Crippen molar-refractivity contribution in [3.05, 3.63) is 22.4 Å². The quantitative estimate of drug-likeness (QED) is 0.846. The number of hydrogen-bond donors (Lipinski definition) is 0. The fourth-order valence-corrected chi connectivity index (χ4v) is 4.67. The molecule has 3 atom stereocenters. The van der Waals surface area contributed by atoms with Crippen LogP contribution in [-0.4, -0.2) is 54.3 Å². The normalized spacial score (nSPS) is 31.5. The molecular formula is C17H24N2O3S. The molecule has 0 radical (unpaired) electrons. The van der Waals surface area contributed by atoms with Crippen molar-refractivity contribution in [2.45, 2.75) is 44.4 Å². The van der Waals surface area contributed by atoms with Crippen molar-refractivity contribution in [2.75, 3.05) is 26.2 Å². The summed E-state index contributed by atoms with van der Waals surface area (Å²) in [5.41, 5.74) is 0. The van der Waals surface area contributed by atoms with Gasteiger partial charge in [-0.2, -0.15) is 0 Å². The fourth-order valence-electron chi connectivity index (χ4n) is 3.92. The lowest BCUT2D eigenvalue weighted by Crippen LogP contribution is -2.37. The molecule has 6 heteroatoms. The van der Waals surface area contributed by atoms with E-state index in [9.17, 15) is 4.79 Å². The molecule has 3 saturated heterocycles. The number of hydroxylamine groups is 2. The molecule has 1 aromatic rings. The Labute approximate surface area is 141 Å². The van der Waals surface area contributed by atoms with E-state index in [-0.39, 0.29) is 12.0 Å². The molecule has 3 aliphatic rings. The van der Waals surface area contributed by atoms with Crippen LogP contribution < -0.4 is 0 Å². The van der Waals surface area contributed by atoms with Crippen molar-refractivity contribution < 1.29 is 14.4 Å². The molecule has 3 aliphatic heterocycles. The highest BCUT2D eigenvalue weighted by molar-refractivity contribution is 7.09. The Morgan fingerprint density at radius 1 is 1.35 bits per heavy atom. The topological polar surface area (TPSA) is 42.0 Å². The van der Waals surface area contributed by atoms with Crippen LogP contribution in [0.1, 0.15) is 30.6 Å². The van der Waals surface area contributed by atoms with Crippen LogP contribution in [0.3, 0.4) is 0 Å². The summed E-state index contributed by atoms with van der Waals surface area (Å²) in [4.78, 5) is 21.6. The fraction of sp³-hybridized carbons (Fsp3) is 0.706. The lowest BCUT2D eigenvalue weighted by Gasteiger charge is -2.27. The van der Waals surface area contributed by atoms with Gasteiger partial charge in [0.1, 0.15) is 0 Å². The minimum absolute atomic E-state index is 0.0758. The van der Waals surface area contributed by atoms with Gasteiger partial charge in [0.25, 0.3) is 0 Å². The molecule has 23 heavy (non-hydrogen) atoms. The van der Waals surface area contributed by atoms with Gasteiger partial charge in [-0.3, -0.25) is 14.5 Å². The Morgan fingerprint density at radius 3 is 3.04 bits per heavy atom. The molecule has 4 rings (SSSR count). The van der Waals surface area contributed by atoms with E-state index >= 15 is 0 Å². The van der Waals surface area contributed by atoms with Gasteiger partial charge in [-0.15, -0.1) is 11.3 Å². The molecule has 0 spiro atoms. The van der Waals surface area contributed by atoms with E-state index in [0.29, 0.717) is 25.0 Å². The molecule has 0 aliphatic carbocycles. The molecule has 0 N–H and O–H groups in total. The van der Waals surface area contributed by atoms with Gasteiger partial charge in [0.2, 0.25) is 5.91 Å². The number of nitrogens with zero attached hydrogens (tertiary/aromatic N) is 2. The summed E-state index contributed by atoms with van der Waals surface area (Å²) in [5.74, 6) is 0.667. The number of rotatable bonds is 4. The third-order valence-electron chi connectivity index (χ3n) is 5.03. The smallest absolute Gasteiger partial charge is 0.248 e. The summed E-state index contributed by atoms with van der Waals surface area (Å²) in [6.07, 6.45) is 3.94. The van der Waals surface area contributed by atoms with Crippen LogP contribution in [0.2, 0.25) is 0 Å². The van der Waals surface area contributed by atoms with Crippen LogP contribution in [0.25, 0.3) is 0 Å². The molecule has 1 aromatic heterocycles. The SMILES string of the molecule is O=C(C[C@H]1C[C@H]2CN(Cc3cccs3)C[C@H]2O1)N1CCCCO1. The largest absolute Gasteiger partial charge is 0.373 e. The summed E-state index contributed by atoms with van der Waals surface area (Å²) in [6, 6.07) is 4.30. The Bertz CT molecular complexity index is 516. The molecule has 126 valence electrons. The van der Waals surface area contributed by atoms with Crippen molar-refractivity contribution in [1.82, 2.24) is 9.96 Å². The van der Waals surface area contributed by atoms with Crippen LogP contribution in [0, 0.1) is 5.92 Å². The van der Waals surface area contributed by atoms with Gasteiger partial charge >= 0.3 is 0 Å². The van der Waals surface area contributed by atoms with E-state index in [4.69, 9.17) is 9.57 Å². The number of thiophene rings is 1. The van der Waals surface area contributed by atoms with Gasteiger partial charge in [0.05, 0.1) is 25.2 Å². The van der Waals surface area contributed by atoms with Crippen LogP contribution in [-0.2, 0) is 20.9 Å². The number of fused-ring (bicyclic) bond motifs is 1. The summed E-state index contributed by atoms with van der Waals surface area (Å²) < 4.78 is 6.15. The van der Waals surface area contributed by atoms with E-state index in [1.165, 1.54) is 4.88 Å². The van der Waals surface area contributed by atoms with Crippen LogP contribution >= 0.6 is 11.3 Å². The number of carbonyl (C=O) groups is 1. The van der Waals surface area contributed by atoms with Crippen LogP contribution in [0.5, 0.6) is 0 Å². The predicted molar refractivity (Wildman–Crippen MR) is 87.9 cm³/mol. The summed E-state index contributed by atoms with van der Waals surface area (Å²) in [7, 11) is 0. The monoisotopic (exact) mass is 336 g/mol. The minimum Gasteiger partial charge on any atom is -0.373 e. The second-order valence-electron chi connectivity index (χ2n) is 6.81. The molecule has 0 saturated carbocycles. The van der Waals surface area contributed by atoms with Gasteiger partial charge in [0, 0.05) is 37.0 Å². The van der Waals surface area contributed by atoms with Crippen LogP contribution in [0.15, 0.2) is 17.5 Å². The zero-order valence-corrected chi connectivity index (χ0v) is 14.2. The van der Waals surface area contributed by atoms with Gasteiger partial charge in [-0.1, -0.05) is 6.07 Å². The van der Waals surface area contributed by atoms with E-state index in [0.717, 1.165) is 45.4 Å². The Hall–Kier alpha value is -0.950. The Morgan fingerprint density at radius 2 is 2.30 bits per heavy atom. The molecule has 0 aromatic carbocycles. The Kier molecular flexibility index (Phi) is 4.66. The molecule has 5 nitrogen and oxygen atoms in total. The summed E-state index contributed by atoms with van der Waals surface area (Å²) in [6.45, 7) is 4.51.